The smallest absolute Gasteiger partial charge is 0.378 e. The molecule has 1 unspecified atom stereocenters. The number of aliphatic imine (C=N–C) groups is 2. The van der Waals surface area contributed by atoms with Crippen LogP contribution >= 0.6 is 0 Å². The van der Waals surface area contributed by atoms with Crippen molar-refractivity contribution in [3.05, 3.63) is 23.9 Å². The van der Waals surface area contributed by atoms with Crippen molar-refractivity contribution >= 4 is 17.5 Å². The van der Waals surface area contributed by atoms with E-state index in [1.165, 1.54) is 0 Å². The Labute approximate surface area is 179 Å². The number of aromatic nitrogens is 1. The lowest BCUT2D eigenvalue weighted by atomic mass is 9.66. The number of hydrogen-bond donors (Lipinski definition) is 1. The maximum atomic E-state index is 13.1. The molecular formula is C21H25F3N6O. The average Bonchev–Trinajstić information content (AvgIpc) is 2.73. The number of nitrogens with zero attached hydrogens (tertiary/aromatic N) is 5. The van der Waals surface area contributed by atoms with Gasteiger partial charge in [0.05, 0.1) is 23.2 Å². The van der Waals surface area contributed by atoms with Crippen LogP contribution in [0, 0.1) is 22.7 Å². The number of piperidine rings is 1. The molecule has 0 aromatic carbocycles. The molecule has 0 amide bonds. The number of nitrogens with one attached hydrogen (secondary N) is 1. The molecule has 0 bridgehead atoms. The summed E-state index contributed by atoms with van der Waals surface area (Å²) in [5, 5.41) is 13.3. The minimum absolute atomic E-state index is 0.00163. The highest BCUT2D eigenvalue weighted by Crippen LogP contribution is 2.43. The van der Waals surface area contributed by atoms with Crippen molar-refractivity contribution in [1.82, 2.24) is 15.2 Å². The Balaban J connectivity index is 1.65. The van der Waals surface area contributed by atoms with Gasteiger partial charge in [-0.2, -0.15) is 18.4 Å². The zero-order chi connectivity index (χ0) is 22.1. The van der Waals surface area contributed by atoms with Crippen LogP contribution in [0.3, 0.4) is 0 Å². The van der Waals surface area contributed by atoms with Crippen LogP contribution in [-0.4, -0.2) is 60.9 Å². The average molecular weight is 434 g/mol. The Morgan fingerprint density at radius 2 is 2.03 bits per heavy atom. The largest absolute Gasteiger partial charge is 0.416 e. The number of ether oxygens (including phenoxy) is 1. The van der Waals surface area contributed by atoms with Crippen molar-refractivity contribution in [2.24, 2.45) is 21.3 Å². The van der Waals surface area contributed by atoms with Crippen LogP contribution in [-0.2, 0) is 10.9 Å². The van der Waals surface area contributed by atoms with E-state index in [2.05, 4.69) is 31.3 Å². The highest BCUT2D eigenvalue weighted by molar-refractivity contribution is 6.00. The Morgan fingerprint density at radius 3 is 2.68 bits per heavy atom. The topological polar surface area (TPSA) is 85.9 Å². The number of hydrogen-bond acceptors (Lipinski definition) is 6. The number of methoxy groups -OCH3 is 1. The fraction of sp³-hybridized carbons (Fsp3) is 0.619. The van der Waals surface area contributed by atoms with Gasteiger partial charge in [-0.3, -0.25) is 0 Å². The van der Waals surface area contributed by atoms with E-state index < -0.39 is 17.2 Å². The zero-order valence-electron chi connectivity index (χ0n) is 17.3. The Morgan fingerprint density at radius 1 is 1.29 bits per heavy atom. The summed E-state index contributed by atoms with van der Waals surface area (Å²) in [6, 6.07) is 4.41. The summed E-state index contributed by atoms with van der Waals surface area (Å²) < 4.78 is 44.6. The van der Waals surface area contributed by atoms with Crippen molar-refractivity contribution in [1.29, 1.82) is 5.26 Å². The number of alkyl halides is 3. The van der Waals surface area contributed by atoms with Gasteiger partial charge in [-0.15, -0.1) is 0 Å². The van der Waals surface area contributed by atoms with E-state index in [1.54, 1.807) is 7.11 Å². The molecule has 3 aliphatic heterocycles. The number of halogens is 3. The molecule has 3 aliphatic rings. The molecule has 1 aromatic heterocycles. The maximum absolute atomic E-state index is 13.1. The summed E-state index contributed by atoms with van der Waals surface area (Å²) in [6.45, 7) is 2.96. The number of pyridine rings is 1. The summed E-state index contributed by atoms with van der Waals surface area (Å²) in [5.41, 5.74) is -1.30. The third-order valence-electron chi connectivity index (χ3n) is 6.48. The van der Waals surface area contributed by atoms with Crippen molar-refractivity contribution in [2.75, 3.05) is 33.3 Å². The van der Waals surface area contributed by atoms with E-state index in [-0.39, 0.29) is 17.8 Å². The minimum atomic E-state index is -4.46. The van der Waals surface area contributed by atoms with Gasteiger partial charge in [-0.1, -0.05) is 0 Å². The molecule has 0 aliphatic carbocycles. The van der Waals surface area contributed by atoms with Gasteiger partial charge in [-0.25, -0.2) is 15.0 Å². The van der Waals surface area contributed by atoms with E-state index >= 15 is 0 Å². The fourth-order valence-corrected chi connectivity index (χ4v) is 4.48. The molecule has 7 nitrogen and oxygen atoms in total. The van der Waals surface area contributed by atoms with Crippen molar-refractivity contribution < 1.29 is 17.9 Å². The first kappa shape index (κ1) is 21.7. The number of likely N-dealkylation sites (tertiary alicyclic amines) is 1. The van der Waals surface area contributed by atoms with Gasteiger partial charge in [-0.05, 0) is 44.0 Å². The second-order valence-electron chi connectivity index (χ2n) is 8.34. The lowest BCUT2D eigenvalue weighted by Crippen LogP contribution is -2.56. The predicted molar refractivity (Wildman–Crippen MR) is 109 cm³/mol. The van der Waals surface area contributed by atoms with Gasteiger partial charge in [0.1, 0.15) is 11.7 Å². The molecular weight excluding hydrogens is 409 g/mol. The van der Waals surface area contributed by atoms with Crippen LogP contribution in [0.25, 0.3) is 0 Å². The van der Waals surface area contributed by atoms with Crippen LogP contribution in [0.15, 0.2) is 28.3 Å². The molecule has 1 aromatic rings. The Hall–Kier alpha value is -2.51. The van der Waals surface area contributed by atoms with E-state index in [0.29, 0.717) is 31.8 Å². The van der Waals surface area contributed by atoms with Gasteiger partial charge in [0.25, 0.3) is 0 Å². The molecule has 4 rings (SSSR count). The van der Waals surface area contributed by atoms with Crippen LogP contribution < -0.4 is 5.32 Å². The number of amidine groups is 2. The second-order valence-corrected chi connectivity index (χ2v) is 8.34. The molecule has 10 heteroatoms. The highest BCUT2D eigenvalue weighted by atomic mass is 19.4. The third kappa shape index (κ3) is 4.57. The van der Waals surface area contributed by atoms with Gasteiger partial charge in [0, 0.05) is 39.2 Å². The summed E-state index contributed by atoms with van der Waals surface area (Å²) >= 11 is 0. The molecule has 0 saturated carbocycles. The maximum Gasteiger partial charge on any atom is 0.416 e. The molecule has 166 valence electrons. The van der Waals surface area contributed by atoms with E-state index in [9.17, 15) is 18.4 Å². The number of nitriles is 1. The molecule has 2 saturated heterocycles. The lowest BCUT2D eigenvalue weighted by Gasteiger charge is -2.45. The molecule has 2 fully saturated rings. The van der Waals surface area contributed by atoms with Crippen molar-refractivity contribution in [3.63, 3.8) is 0 Å². The van der Waals surface area contributed by atoms with Gasteiger partial charge < -0.3 is 15.0 Å². The summed E-state index contributed by atoms with van der Waals surface area (Å²) in [7, 11) is 1.67. The quantitative estimate of drug-likeness (QED) is 0.790. The molecule has 4 heterocycles. The molecule has 1 atom stereocenters. The van der Waals surface area contributed by atoms with Crippen molar-refractivity contribution in [2.45, 2.75) is 38.0 Å². The van der Waals surface area contributed by atoms with Gasteiger partial charge in [0.2, 0.25) is 0 Å². The van der Waals surface area contributed by atoms with Gasteiger partial charge in [0.15, 0.2) is 5.82 Å². The lowest BCUT2D eigenvalue weighted by molar-refractivity contribution is -0.137. The predicted octanol–water partition coefficient (Wildman–Crippen LogP) is 3.16. The molecule has 0 spiro atoms. The first-order valence-electron chi connectivity index (χ1n) is 10.4. The Bertz CT molecular complexity index is 910. The summed E-state index contributed by atoms with van der Waals surface area (Å²) in [6.07, 6.45) is -0.662. The van der Waals surface area contributed by atoms with Gasteiger partial charge >= 0.3 is 6.18 Å². The van der Waals surface area contributed by atoms with E-state index in [0.717, 1.165) is 50.1 Å². The van der Waals surface area contributed by atoms with E-state index in [1.807, 2.05) is 0 Å². The van der Waals surface area contributed by atoms with Crippen LogP contribution in [0.2, 0.25) is 0 Å². The van der Waals surface area contributed by atoms with Crippen LogP contribution in [0.1, 0.15) is 31.2 Å². The highest BCUT2D eigenvalue weighted by Gasteiger charge is 2.44. The first-order valence-corrected chi connectivity index (χ1v) is 10.4. The molecule has 0 radical (unpaired) electrons. The first-order chi connectivity index (χ1) is 14.8. The monoisotopic (exact) mass is 434 g/mol. The van der Waals surface area contributed by atoms with E-state index in [4.69, 9.17) is 4.74 Å². The summed E-state index contributed by atoms with van der Waals surface area (Å²) in [5.74, 6) is 1.22. The van der Waals surface area contributed by atoms with Crippen LogP contribution in [0.4, 0.5) is 19.0 Å². The Kier molecular flexibility index (Phi) is 5.99. The normalized spacial score (nSPS) is 25.6. The minimum Gasteiger partial charge on any atom is -0.378 e. The molecule has 31 heavy (non-hydrogen) atoms. The SMILES string of the molecule is COC1CN(C2=NC(=Nc3cc(C(F)(F)F)ccn3)CC(C3(C#N)CCNCC3)C2)C1. The standard InChI is InChI=1S/C21H25F3N6O/c1-31-16-11-30(12-16)19-10-15(20(13-25)3-6-26-7-4-20)9-18(29-19)28-17-8-14(2-5-27-17)21(22,23)24/h2,5,8,15-16,26H,3-4,6-7,9-12H2,1H3. The zero-order valence-corrected chi connectivity index (χ0v) is 17.3. The second kappa shape index (κ2) is 8.55. The third-order valence-corrected chi connectivity index (χ3v) is 6.48. The molecule has 1 N–H and O–H groups in total. The number of rotatable bonds is 3. The summed E-state index contributed by atoms with van der Waals surface area (Å²) in [4.78, 5) is 15.1. The van der Waals surface area contributed by atoms with Crippen LogP contribution in [0.5, 0.6) is 0 Å². The van der Waals surface area contributed by atoms with Crippen molar-refractivity contribution in [3.8, 4) is 6.07 Å². The fourth-order valence-electron chi connectivity index (χ4n) is 4.48.